The van der Waals surface area contributed by atoms with Crippen LogP contribution in [0, 0.1) is 11.6 Å². The molecule has 210 valence electrons. The number of likely N-dealkylation sites (N-methyl/N-ethyl adjacent to an activating group) is 2. The van der Waals surface area contributed by atoms with E-state index in [4.69, 9.17) is 0 Å². The Morgan fingerprint density at radius 2 is 1.74 bits per heavy atom. The van der Waals surface area contributed by atoms with Crippen LogP contribution in [0.3, 0.4) is 0 Å². The van der Waals surface area contributed by atoms with Gasteiger partial charge in [-0.2, -0.15) is 0 Å². The SMILES string of the molecule is CNC(=O)C1(N(C)C=O)Cc2ccc(NC(=O)CN3CCS(=O)C(C)(C)C3=O)cc2C1.Fc1cccc(F)c1. The minimum absolute atomic E-state index is 0.118. The number of carbonyl (C=O) groups is 4. The molecule has 0 saturated carbocycles. The van der Waals surface area contributed by atoms with E-state index in [1.165, 1.54) is 35.0 Å². The molecular formula is C27H32F2N4O5S. The van der Waals surface area contributed by atoms with Crippen molar-refractivity contribution in [1.82, 2.24) is 15.1 Å². The molecule has 39 heavy (non-hydrogen) atoms. The van der Waals surface area contributed by atoms with Crippen LogP contribution in [0.5, 0.6) is 0 Å². The van der Waals surface area contributed by atoms with Gasteiger partial charge in [-0.05, 0) is 49.2 Å². The predicted octanol–water partition coefficient (Wildman–Crippen LogP) is 1.63. The molecular weight excluding hydrogens is 530 g/mol. The Morgan fingerprint density at radius 3 is 2.31 bits per heavy atom. The lowest BCUT2D eigenvalue weighted by Crippen LogP contribution is -2.57. The molecule has 1 fully saturated rings. The lowest BCUT2D eigenvalue weighted by atomic mass is 9.93. The van der Waals surface area contributed by atoms with Gasteiger partial charge in [0.05, 0.1) is 6.54 Å². The summed E-state index contributed by atoms with van der Waals surface area (Å²) in [6, 6.07) is 9.94. The molecule has 2 unspecified atom stereocenters. The molecule has 0 spiro atoms. The zero-order chi connectivity index (χ0) is 29.0. The van der Waals surface area contributed by atoms with Crippen molar-refractivity contribution in [3.05, 3.63) is 65.2 Å². The molecule has 1 saturated heterocycles. The zero-order valence-corrected chi connectivity index (χ0v) is 23.1. The number of anilines is 1. The summed E-state index contributed by atoms with van der Waals surface area (Å²) in [6.07, 6.45) is 1.37. The van der Waals surface area contributed by atoms with Crippen molar-refractivity contribution in [2.45, 2.75) is 37.0 Å². The molecule has 0 aromatic heterocycles. The Hall–Kier alpha value is -3.67. The zero-order valence-electron chi connectivity index (χ0n) is 22.3. The van der Waals surface area contributed by atoms with Crippen LogP contribution in [0.25, 0.3) is 0 Å². The Kier molecular flexibility index (Phi) is 9.21. The number of fused-ring (bicyclic) bond motifs is 1. The van der Waals surface area contributed by atoms with Crippen LogP contribution >= 0.6 is 0 Å². The molecule has 1 aliphatic heterocycles. The monoisotopic (exact) mass is 562 g/mol. The number of rotatable bonds is 6. The summed E-state index contributed by atoms with van der Waals surface area (Å²) in [7, 11) is 1.87. The van der Waals surface area contributed by atoms with E-state index in [0.717, 1.165) is 17.2 Å². The lowest BCUT2D eigenvalue weighted by Gasteiger charge is -2.35. The van der Waals surface area contributed by atoms with Crippen LogP contribution in [0.4, 0.5) is 14.5 Å². The first-order valence-corrected chi connectivity index (χ1v) is 13.6. The maximum atomic E-state index is 12.6. The molecule has 2 atom stereocenters. The summed E-state index contributed by atoms with van der Waals surface area (Å²) in [5.41, 5.74) is 1.37. The minimum Gasteiger partial charge on any atom is -0.357 e. The quantitative estimate of drug-likeness (QED) is 0.520. The first-order chi connectivity index (χ1) is 18.3. The van der Waals surface area contributed by atoms with Crippen molar-refractivity contribution in [3.8, 4) is 0 Å². The van der Waals surface area contributed by atoms with Crippen molar-refractivity contribution < 1.29 is 32.2 Å². The van der Waals surface area contributed by atoms with Gasteiger partial charge < -0.3 is 20.4 Å². The van der Waals surface area contributed by atoms with E-state index in [1.807, 2.05) is 6.07 Å². The molecule has 2 N–H and O–H groups in total. The Labute approximate surface area is 228 Å². The minimum atomic E-state index is -1.26. The maximum Gasteiger partial charge on any atom is 0.246 e. The number of hydrogen-bond donors (Lipinski definition) is 2. The van der Waals surface area contributed by atoms with Gasteiger partial charge in [0.1, 0.15) is 21.9 Å². The van der Waals surface area contributed by atoms with Crippen LogP contribution in [0.1, 0.15) is 25.0 Å². The van der Waals surface area contributed by atoms with Gasteiger partial charge in [0.2, 0.25) is 24.1 Å². The summed E-state index contributed by atoms with van der Waals surface area (Å²) in [5.74, 6) is -1.62. The van der Waals surface area contributed by atoms with E-state index < -0.39 is 32.7 Å². The van der Waals surface area contributed by atoms with Gasteiger partial charge in [-0.15, -0.1) is 0 Å². The number of nitrogens with one attached hydrogen (secondary N) is 2. The van der Waals surface area contributed by atoms with Crippen LogP contribution in [-0.2, 0) is 42.8 Å². The molecule has 2 aromatic rings. The van der Waals surface area contributed by atoms with Crippen molar-refractivity contribution in [1.29, 1.82) is 0 Å². The number of nitrogens with zero attached hydrogens (tertiary/aromatic N) is 2. The lowest BCUT2D eigenvalue weighted by molar-refractivity contribution is -0.138. The third kappa shape index (κ3) is 6.49. The number of benzene rings is 2. The van der Waals surface area contributed by atoms with Crippen LogP contribution in [-0.4, -0.2) is 81.4 Å². The fraction of sp³-hybridized carbons (Fsp3) is 0.407. The van der Waals surface area contributed by atoms with Crippen molar-refractivity contribution in [2.24, 2.45) is 0 Å². The molecule has 2 aromatic carbocycles. The maximum absolute atomic E-state index is 12.6. The summed E-state index contributed by atoms with van der Waals surface area (Å²) in [6.45, 7) is 3.42. The smallest absolute Gasteiger partial charge is 0.246 e. The first-order valence-electron chi connectivity index (χ1n) is 12.2. The molecule has 9 nitrogen and oxygen atoms in total. The average molecular weight is 563 g/mol. The van der Waals surface area contributed by atoms with Gasteiger partial charge in [-0.25, -0.2) is 8.78 Å². The summed E-state index contributed by atoms with van der Waals surface area (Å²) >= 11 is 0. The van der Waals surface area contributed by atoms with Gasteiger partial charge >= 0.3 is 0 Å². The van der Waals surface area contributed by atoms with Gasteiger partial charge in [0, 0.05) is 61.8 Å². The number of halogens is 2. The molecule has 12 heteroatoms. The number of amides is 4. The molecule has 1 heterocycles. The van der Waals surface area contributed by atoms with E-state index in [0.29, 0.717) is 30.7 Å². The van der Waals surface area contributed by atoms with Crippen molar-refractivity contribution in [2.75, 3.05) is 38.3 Å². The molecule has 1 aliphatic carbocycles. The average Bonchev–Trinajstić information content (AvgIpc) is 3.29. The standard InChI is InChI=1S/C21H28N4O5S.C6H4F2/c1-20(2)19(29)25(7-8-31(20)30)12-17(27)23-16-6-5-14-10-21(18(28)22-3,24(4)13-26)11-15(14)9-16;7-5-2-1-3-6(8)4-5/h5-6,9,13H,7-8,10-12H2,1-4H3,(H,22,28)(H,23,27);1-4H. The largest absolute Gasteiger partial charge is 0.357 e. The second-order valence-corrected chi connectivity index (χ2v) is 12.1. The van der Waals surface area contributed by atoms with Gasteiger partial charge in [-0.1, -0.05) is 12.1 Å². The second kappa shape index (κ2) is 12.0. The molecule has 2 aliphatic rings. The van der Waals surface area contributed by atoms with Crippen LogP contribution in [0.15, 0.2) is 42.5 Å². The first kappa shape index (κ1) is 29.9. The van der Waals surface area contributed by atoms with Crippen LogP contribution < -0.4 is 10.6 Å². The molecule has 0 radical (unpaired) electrons. The molecule has 4 amide bonds. The highest BCUT2D eigenvalue weighted by Crippen LogP contribution is 2.35. The van der Waals surface area contributed by atoms with E-state index in [9.17, 15) is 32.2 Å². The molecule has 4 rings (SSSR count). The van der Waals surface area contributed by atoms with Crippen molar-refractivity contribution >= 4 is 40.6 Å². The fourth-order valence-electron chi connectivity index (χ4n) is 4.65. The third-order valence-corrected chi connectivity index (χ3v) is 8.84. The van der Waals surface area contributed by atoms with E-state index in [-0.39, 0.29) is 30.8 Å². The number of hydrogen-bond acceptors (Lipinski definition) is 5. The topological polar surface area (TPSA) is 116 Å². The summed E-state index contributed by atoms with van der Waals surface area (Å²) in [4.78, 5) is 51.9. The second-order valence-electron chi connectivity index (χ2n) is 9.94. The summed E-state index contributed by atoms with van der Waals surface area (Å²) < 4.78 is 34.9. The van der Waals surface area contributed by atoms with Gasteiger partial charge in [-0.3, -0.25) is 23.4 Å². The van der Waals surface area contributed by atoms with Gasteiger partial charge in [0.25, 0.3) is 0 Å². The van der Waals surface area contributed by atoms with E-state index >= 15 is 0 Å². The fourth-order valence-corrected chi connectivity index (χ4v) is 5.87. The predicted molar refractivity (Wildman–Crippen MR) is 143 cm³/mol. The van der Waals surface area contributed by atoms with Gasteiger partial charge in [0.15, 0.2) is 0 Å². The highest BCUT2D eigenvalue weighted by Gasteiger charge is 2.47. The third-order valence-electron chi connectivity index (χ3n) is 6.98. The Balaban J connectivity index is 0.000000449. The Bertz CT molecular complexity index is 1290. The highest BCUT2D eigenvalue weighted by atomic mass is 32.2. The Morgan fingerprint density at radius 1 is 1.10 bits per heavy atom. The normalized spacial score (nSPS) is 21.2. The highest BCUT2D eigenvalue weighted by molar-refractivity contribution is 7.87. The van der Waals surface area contributed by atoms with E-state index in [2.05, 4.69) is 10.6 Å². The summed E-state index contributed by atoms with van der Waals surface area (Å²) in [5, 5.41) is 5.44. The number of carbonyl (C=O) groups excluding carboxylic acids is 4. The van der Waals surface area contributed by atoms with E-state index in [1.54, 1.807) is 33.0 Å². The molecule has 0 bridgehead atoms. The van der Waals surface area contributed by atoms with Crippen LogP contribution in [0.2, 0.25) is 0 Å². The van der Waals surface area contributed by atoms with Crippen molar-refractivity contribution in [3.63, 3.8) is 0 Å².